The molecule has 0 rings (SSSR count). The molecule has 2 heteroatoms. The maximum Gasteiger partial charge on any atom is 0.132 e. The molecule has 0 bridgehead atoms. The van der Waals surface area contributed by atoms with Gasteiger partial charge in [0.25, 0.3) is 0 Å². The molecule has 0 unspecified atom stereocenters. The van der Waals surface area contributed by atoms with E-state index in [0.29, 0.717) is 11.6 Å². The summed E-state index contributed by atoms with van der Waals surface area (Å²) in [5.41, 5.74) is 0. The van der Waals surface area contributed by atoms with Gasteiger partial charge in [-0.25, -0.2) is 0 Å². The van der Waals surface area contributed by atoms with Crippen LogP contribution in [0.25, 0.3) is 0 Å². The van der Waals surface area contributed by atoms with Crippen molar-refractivity contribution in [3.63, 3.8) is 0 Å². The van der Waals surface area contributed by atoms with Gasteiger partial charge in [0.2, 0.25) is 0 Å². The number of unbranched alkanes of at least 4 members (excludes halogenated alkanes) is 8. The Balaban J connectivity index is 0. The predicted molar refractivity (Wildman–Crippen MR) is 107 cm³/mol. The van der Waals surface area contributed by atoms with Gasteiger partial charge in [-0.1, -0.05) is 79.1 Å². The van der Waals surface area contributed by atoms with E-state index in [1.807, 2.05) is 0 Å². The zero-order valence-electron chi connectivity index (χ0n) is 17.1. The molecule has 2 nitrogen and oxygen atoms in total. The van der Waals surface area contributed by atoms with E-state index in [1.54, 1.807) is 0 Å². The number of carbonyl (C=O) groups excluding carboxylic acids is 2. The average molecular weight is 341 g/mol. The van der Waals surface area contributed by atoms with E-state index in [1.165, 1.54) is 51.4 Å². The number of hydrogen-bond donors (Lipinski definition) is 0. The second kappa shape index (κ2) is 22.3. The van der Waals surface area contributed by atoms with E-state index in [2.05, 4.69) is 27.7 Å². The van der Waals surface area contributed by atoms with Gasteiger partial charge in [-0.2, -0.15) is 0 Å². The van der Waals surface area contributed by atoms with Crippen LogP contribution in [0.4, 0.5) is 0 Å². The van der Waals surface area contributed by atoms with Gasteiger partial charge in [0.15, 0.2) is 0 Å². The normalized spacial score (nSPS) is 10.2. The summed E-state index contributed by atoms with van der Waals surface area (Å²) >= 11 is 0. The topological polar surface area (TPSA) is 34.1 Å². The zero-order chi connectivity index (χ0) is 18.5. The molecule has 0 aromatic carbocycles. The van der Waals surface area contributed by atoms with Crippen molar-refractivity contribution >= 4 is 11.6 Å². The first kappa shape index (κ1) is 25.6. The lowest BCUT2D eigenvalue weighted by Gasteiger charge is -1.98. The van der Waals surface area contributed by atoms with E-state index in [4.69, 9.17) is 0 Å². The summed E-state index contributed by atoms with van der Waals surface area (Å²) < 4.78 is 0. The van der Waals surface area contributed by atoms with Crippen LogP contribution in [-0.2, 0) is 9.59 Å². The first-order chi connectivity index (χ1) is 11.6. The molecule has 0 aromatic rings. The lowest BCUT2D eigenvalue weighted by atomic mass is 10.1. The summed E-state index contributed by atoms with van der Waals surface area (Å²) in [7, 11) is 0. The van der Waals surface area contributed by atoms with E-state index < -0.39 is 0 Å². The average Bonchev–Trinajstić information content (AvgIpc) is 2.56. The number of hydrogen-bond acceptors (Lipinski definition) is 2. The van der Waals surface area contributed by atoms with E-state index in [9.17, 15) is 9.59 Å². The molecule has 24 heavy (non-hydrogen) atoms. The van der Waals surface area contributed by atoms with Crippen LogP contribution in [0.5, 0.6) is 0 Å². The maximum absolute atomic E-state index is 11.2. The minimum Gasteiger partial charge on any atom is -0.300 e. The van der Waals surface area contributed by atoms with Crippen molar-refractivity contribution < 1.29 is 9.59 Å². The fraction of sp³-hybridized carbons (Fsp3) is 0.909. The Morgan fingerprint density at radius 3 is 0.792 bits per heavy atom. The summed E-state index contributed by atoms with van der Waals surface area (Å²) in [5.74, 6) is 0.939. The van der Waals surface area contributed by atoms with Crippen LogP contribution in [0.2, 0.25) is 0 Å². The van der Waals surface area contributed by atoms with Gasteiger partial charge in [0.1, 0.15) is 11.6 Å². The molecule has 0 atom stereocenters. The minimum absolute atomic E-state index is 0.469. The first-order valence-corrected chi connectivity index (χ1v) is 10.7. The first-order valence-electron chi connectivity index (χ1n) is 10.7. The third-order valence-corrected chi connectivity index (χ3v) is 4.24. The molecule has 0 aliphatic carbocycles. The van der Waals surface area contributed by atoms with Gasteiger partial charge < -0.3 is 0 Å². The smallest absolute Gasteiger partial charge is 0.132 e. The van der Waals surface area contributed by atoms with E-state index in [-0.39, 0.29) is 0 Å². The van der Waals surface area contributed by atoms with Gasteiger partial charge in [-0.05, 0) is 25.7 Å². The summed E-state index contributed by atoms with van der Waals surface area (Å²) in [5, 5.41) is 0. The van der Waals surface area contributed by atoms with Crippen molar-refractivity contribution in [2.75, 3.05) is 0 Å². The SMILES string of the molecule is CCCCCC(=O)CCCCC.CCCCCC(=O)CCCCC. The fourth-order valence-electron chi connectivity index (χ4n) is 2.54. The minimum atomic E-state index is 0.469. The van der Waals surface area contributed by atoms with E-state index in [0.717, 1.165) is 51.4 Å². The maximum atomic E-state index is 11.2. The van der Waals surface area contributed by atoms with Crippen molar-refractivity contribution in [2.45, 2.75) is 130 Å². The standard InChI is InChI=1S/2C11H22O/c2*1-3-5-7-9-11(12)10-8-6-4-2/h2*3-10H2,1-2H3. The van der Waals surface area contributed by atoms with Crippen molar-refractivity contribution in [3.05, 3.63) is 0 Å². The van der Waals surface area contributed by atoms with Crippen LogP contribution in [0.3, 0.4) is 0 Å². The van der Waals surface area contributed by atoms with Crippen LogP contribution in [0.1, 0.15) is 130 Å². The van der Waals surface area contributed by atoms with Crippen LogP contribution in [-0.4, -0.2) is 11.6 Å². The van der Waals surface area contributed by atoms with Crippen LogP contribution in [0, 0.1) is 0 Å². The van der Waals surface area contributed by atoms with Crippen molar-refractivity contribution in [1.82, 2.24) is 0 Å². The second-order valence-corrected chi connectivity index (χ2v) is 6.91. The highest BCUT2D eigenvalue weighted by molar-refractivity contribution is 5.78. The molecular formula is C22H44O2. The Bertz CT molecular complexity index is 219. The molecule has 0 amide bonds. The predicted octanol–water partition coefficient (Wildman–Crippen LogP) is 7.43. The van der Waals surface area contributed by atoms with Gasteiger partial charge in [0.05, 0.1) is 0 Å². The largest absolute Gasteiger partial charge is 0.300 e. The van der Waals surface area contributed by atoms with Gasteiger partial charge in [-0.3, -0.25) is 9.59 Å². The Morgan fingerprint density at radius 2 is 0.625 bits per heavy atom. The quantitative estimate of drug-likeness (QED) is 0.274. The third kappa shape index (κ3) is 23.6. The summed E-state index contributed by atoms with van der Waals surface area (Å²) in [6.45, 7) is 8.67. The molecule has 0 fully saturated rings. The highest BCUT2D eigenvalue weighted by atomic mass is 16.1. The summed E-state index contributed by atoms with van der Waals surface area (Å²) in [4.78, 5) is 22.4. The Hall–Kier alpha value is -0.660. The molecule has 144 valence electrons. The molecule has 0 N–H and O–H groups in total. The molecule has 0 aliphatic rings. The molecule has 0 saturated heterocycles. The van der Waals surface area contributed by atoms with Crippen molar-refractivity contribution in [3.8, 4) is 0 Å². The molecule has 0 radical (unpaired) electrons. The summed E-state index contributed by atoms with van der Waals surface area (Å²) in [6, 6.07) is 0. The number of Topliss-reactive ketones (excluding diaryl/α,β-unsaturated/α-hetero) is 2. The Kier molecular flexibility index (Phi) is 23.8. The van der Waals surface area contributed by atoms with Crippen molar-refractivity contribution in [2.24, 2.45) is 0 Å². The van der Waals surface area contributed by atoms with Gasteiger partial charge in [0, 0.05) is 25.7 Å². The molecule has 0 aliphatic heterocycles. The highest BCUT2D eigenvalue weighted by Gasteiger charge is 2.00. The van der Waals surface area contributed by atoms with Crippen LogP contribution < -0.4 is 0 Å². The van der Waals surface area contributed by atoms with Gasteiger partial charge in [-0.15, -0.1) is 0 Å². The lowest BCUT2D eigenvalue weighted by Crippen LogP contribution is -1.96. The van der Waals surface area contributed by atoms with Gasteiger partial charge >= 0.3 is 0 Å². The highest BCUT2D eigenvalue weighted by Crippen LogP contribution is 2.07. The monoisotopic (exact) mass is 340 g/mol. The zero-order valence-corrected chi connectivity index (χ0v) is 17.1. The number of carbonyl (C=O) groups is 2. The second-order valence-electron chi connectivity index (χ2n) is 6.91. The number of ketones is 2. The molecule has 0 spiro atoms. The molecule has 0 saturated carbocycles. The summed E-state index contributed by atoms with van der Waals surface area (Å²) in [6.07, 6.45) is 17.3. The van der Waals surface area contributed by atoms with E-state index >= 15 is 0 Å². The third-order valence-electron chi connectivity index (χ3n) is 4.24. The lowest BCUT2D eigenvalue weighted by molar-refractivity contribution is -0.120. The molecular weight excluding hydrogens is 296 g/mol. The fourth-order valence-corrected chi connectivity index (χ4v) is 2.54. The van der Waals surface area contributed by atoms with Crippen molar-refractivity contribution in [1.29, 1.82) is 0 Å². The van der Waals surface area contributed by atoms with Crippen LogP contribution >= 0.6 is 0 Å². The Labute approximate surface area is 152 Å². The van der Waals surface area contributed by atoms with Crippen LogP contribution in [0.15, 0.2) is 0 Å². The molecule has 0 aromatic heterocycles. The number of rotatable bonds is 16. The molecule has 0 heterocycles. The Morgan fingerprint density at radius 1 is 0.417 bits per heavy atom.